The Balaban J connectivity index is -0.000000245. The molecule has 1 atom stereocenters. The van der Waals surface area contributed by atoms with Crippen LogP contribution < -0.4 is 5.73 Å². The Labute approximate surface area is 61.3 Å². The lowest BCUT2D eigenvalue weighted by molar-refractivity contribution is -0.916. The van der Waals surface area contributed by atoms with Gasteiger partial charge in [-0.15, -0.1) is 0 Å². The third-order valence-electron chi connectivity index (χ3n) is 1.10. The molecule has 0 rings (SSSR count). The quantitative estimate of drug-likeness (QED) is 0.334. The van der Waals surface area contributed by atoms with Crippen LogP contribution in [-0.4, -0.2) is 54.5 Å². The van der Waals surface area contributed by atoms with Gasteiger partial charge in [0.25, 0.3) is 0 Å². The van der Waals surface area contributed by atoms with Crippen molar-refractivity contribution < 1.29 is 20.5 Å². The fraction of sp³-hybridized carbons (Fsp3) is 1.00. The van der Waals surface area contributed by atoms with Crippen LogP contribution in [0.4, 0.5) is 0 Å². The fourth-order valence-electron chi connectivity index (χ4n) is 0.316. The molecule has 0 aromatic carbocycles. The first-order valence-electron chi connectivity index (χ1n) is 2.67. The van der Waals surface area contributed by atoms with Gasteiger partial charge in [-0.25, -0.2) is 0 Å². The zero-order chi connectivity index (χ0) is 6.78. The van der Waals surface area contributed by atoms with Crippen LogP contribution in [0.2, 0.25) is 0 Å². The summed E-state index contributed by atoms with van der Waals surface area (Å²) in [5.41, 5.74) is 5.19. The molecule has 5 heteroatoms. The van der Waals surface area contributed by atoms with Gasteiger partial charge >= 0.3 is 0 Å². The molecule has 1 unspecified atom stereocenters. The van der Waals surface area contributed by atoms with E-state index in [9.17, 15) is 0 Å². The zero-order valence-corrected chi connectivity index (χ0v) is 6.76. The molecular weight excluding hydrogens is 136 g/mol. The fourth-order valence-corrected chi connectivity index (χ4v) is 0.316. The monoisotopic (exact) mass is 155 g/mol. The van der Waals surface area contributed by atoms with E-state index in [2.05, 4.69) is 0 Å². The number of quaternary nitrogens is 1. The van der Waals surface area contributed by atoms with E-state index < -0.39 is 6.23 Å². The Morgan fingerprint density at radius 3 is 1.60 bits per heavy atom. The minimum absolute atomic E-state index is 0. The predicted molar refractivity (Wildman–Crippen MR) is 40.3 cm³/mol. The van der Waals surface area contributed by atoms with Gasteiger partial charge in [0.05, 0.1) is 27.7 Å². The number of rotatable bonds is 2. The molecule has 0 aliphatic rings. The van der Waals surface area contributed by atoms with Gasteiger partial charge in [0, 0.05) is 0 Å². The summed E-state index contributed by atoms with van der Waals surface area (Å²) in [6.07, 6.45) is -0.435. The summed E-state index contributed by atoms with van der Waals surface area (Å²) in [4.78, 5) is 0. The highest BCUT2D eigenvalue weighted by atomic mass is 16.3. The largest absolute Gasteiger partial charge is 0.412 e. The number of hydrogen-bond acceptors (Lipinski definition) is 2. The SMILES string of the molecule is C[N+](C)(C)C(O)CN.O.O. The molecule has 0 aliphatic carbocycles. The Kier molecular flexibility index (Phi) is 9.15. The van der Waals surface area contributed by atoms with E-state index in [1.165, 1.54) is 0 Å². The second kappa shape index (κ2) is 5.57. The van der Waals surface area contributed by atoms with Crippen molar-refractivity contribution in [1.29, 1.82) is 0 Å². The van der Waals surface area contributed by atoms with E-state index in [0.717, 1.165) is 0 Å². The first-order valence-corrected chi connectivity index (χ1v) is 2.67. The van der Waals surface area contributed by atoms with Crippen LogP contribution in [0.3, 0.4) is 0 Å². The van der Waals surface area contributed by atoms with Crippen LogP contribution in [0.25, 0.3) is 0 Å². The van der Waals surface area contributed by atoms with Gasteiger partial charge in [-0.1, -0.05) is 0 Å². The van der Waals surface area contributed by atoms with E-state index in [4.69, 9.17) is 10.8 Å². The van der Waals surface area contributed by atoms with E-state index in [-0.39, 0.29) is 11.0 Å². The van der Waals surface area contributed by atoms with Gasteiger partial charge in [-0.05, 0) is 0 Å². The first kappa shape index (κ1) is 16.4. The highest BCUT2D eigenvalue weighted by Crippen LogP contribution is 1.94. The van der Waals surface area contributed by atoms with Crippen LogP contribution in [-0.2, 0) is 0 Å². The maximum Gasteiger partial charge on any atom is 0.202 e. The molecule has 0 bridgehead atoms. The number of aliphatic hydroxyl groups is 1. The third kappa shape index (κ3) is 5.93. The van der Waals surface area contributed by atoms with Crippen LogP contribution in [0.5, 0.6) is 0 Å². The number of hydrogen-bond donors (Lipinski definition) is 2. The predicted octanol–water partition coefficient (Wildman–Crippen LogP) is -2.68. The van der Waals surface area contributed by atoms with Crippen LogP contribution in [0.15, 0.2) is 0 Å². The summed E-state index contributed by atoms with van der Waals surface area (Å²) in [6, 6.07) is 0. The molecule has 0 aromatic heterocycles. The molecule has 0 saturated carbocycles. The lowest BCUT2D eigenvalue weighted by Crippen LogP contribution is -2.48. The molecular formula is C5H19N2O3+. The molecule has 7 N–H and O–H groups in total. The summed E-state index contributed by atoms with van der Waals surface area (Å²) in [5.74, 6) is 0. The topological polar surface area (TPSA) is 109 Å². The standard InChI is InChI=1S/C5H15N2O.2H2O/c1-7(2,3)5(8)4-6;;/h5,8H,4,6H2,1-3H3;2*1H2/q+1;;. The van der Waals surface area contributed by atoms with Crippen molar-refractivity contribution in [3.05, 3.63) is 0 Å². The second-order valence-electron chi connectivity index (χ2n) is 2.83. The van der Waals surface area contributed by atoms with Gasteiger partial charge in [0.15, 0.2) is 0 Å². The van der Waals surface area contributed by atoms with Crippen molar-refractivity contribution in [2.45, 2.75) is 6.23 Å². The average Bonchev–Trinajstić information content (AvgIpc) is 1.62. The van der Waals surface area contributed by atoms with Gasteiger partial charge < -0.3 is 26.3 Å². The summed E-state index contributed by atoms with van der Waals surface area (Å²) in [6.45, 7) is 0.323. The first-order chi connectivity index (χ1) is 3.48. The van der Waals surface area contributed by atoms with Gasteiger partial charge in [-0.2, -0.15) is 0 Å². The van der Waals surface area contributed by atoms with E-state index in [1.807, 2.05) is 21.1 Å². The lowest BCUT2D eigenvalue weighted by Gasteiger charge is -2.28. The highest BCUT2D eigenvalue weighted by molar-refractivity contribution is 4.36. The average molecular weight is 155 g/mol. The lowest BCUT2D eigenvalue weighted by atomic mass is 10.4. The van der Waals surface area contributed by atoms with Crippen molar-refractivity contribution in [2.24, 2.45) is 5.73 Å². The van der Waals surface area contributed by atoms with Crippen molar-refractivity contribution >= 4 is 0 Å². The van der Waals surface area contributed by atoms with Gasteiger partial charge in [-0.3, -0.25) is 0 Å². The van der Waals surface area contributed by atoms with Crippen molar-refractivity contribution in [3.63, 3.8) is 0 Å². The van der Waals surface area contributed by atoms with Gasteiger partial charge in [0.2, 0.25) is 6.23 Å². The Morgan fingerprint density at radius 1 is 1.30 bits per heavy atom. The molecule has 0 amide bonds. The zero-order valence-electron chi connectivity index (χ0n) is 6.76. The highest BCUT2D eigenvalue weighted by Gasteiger charge is 2.17. The molecule has 0 saturated heterocycles. The minimum Gasteiger partial charge on any atom is -0.412 e. The Bertz CT molecular complexity index is 71.8. The van der Waals surface area contributed by atoms with E-state index in [1.54, 1.807) is 0 Å². The normalized spacial score (nSPS) is 12.9. The summed E-state index contributed by atoms with van der Waals surface area (Å²) in [5, 5.41) is 9.04. The van der Waals surface area contributed by atoms with E-state index >= 15 is 0 Å². The number of aliphatic hydroxyl groups excluding tert-OH is 1. The molecule has 0 radical (unpaired) electrons. The molecule has 0 aromatic rings. The summed E-state index contributed by atoms with van der Waals surface area (Å²) >= 11 is 0. The van der Waals surface area contributed by atoms with Crippen molar-refractivity contribution in [3.8, 4) is 0 Å². The van der Waals surface area contributed by atoms with E-state index in [0.29, 0.717) is 11.0 Å². The maximum absolute atomic E-state index is 9.04. The van der Waals surface area contributed by atoms with Crippen molar-refractivity contribution in [1.82, 2.24) is 0 Å². The van der Waals surface area contributed by atoms with Gasteiger partial charge in [0.1, 0.15) is 0 Å². The Morgan fingerprint density at radius 2 is 1.60 bits per heavy atom. The minimum atomic E-state index is -0.435. The number of likely N-dealkylation sites (N-methyl/N-ethyl adjacent to an activating group) is 1. The number of nitrogens with two attached hydrogens (primary N) is 1. The molecule has 0 spiro atoms. The third-order valence-corrected chi connectivity index (χ3v) is 1.10. The molecule has 0 fully saturated rings. The molecule has 10 heavy (non-hydrogen) atoms. The second-order valence-corrected chi connectivity index (χ2v) is 2.83. The Hall–Kier alpha value is -0.200. The van der Waals surface area contributed by atoms with Crippen molar-refractivity contribution in [2.75, 3.05) is 27.7 Å². The van der Waals surface area contributed by atoms with Crippen LogP contribution >= 0.6 is 0 Å². The molecule has 66 valence electrons. The molecule has 0 heterocycles. The maximum atomic E-state index is 9.04. The van der Waals surface area contributed by atoms with Crippen LogP contribution in [0.1, 0.15) is 0 Å². The smallest absolute Gasteiger partial charge is 0.202 e. The summed E-state index contributed by atoms with van der Waals surface area (Å²) in [7, 11) is 5.70. The number of nitrogens with zero attached hydrogens (tertiary/aromatic N) is 1. The molecule has 5 nitrogen and oxygen atoms in total. The van der Waals surface area contributed by atoms with Crippen LogP contribution in [0, 0.1) is 0 Å². The molecule has 0 aliphatic heterocycles. The summed E-state index contributed by atoms with van der Waals surface area (Å²) < 4.78 is 0.510.